The summed E-state index contributed by atoms with van der Waals surface area (Å²) in [5.74, 6) is -0.903. The van der Waals surface area contributed by atoms with Gasteiger partial charge in [0.1, 0.15) is 5.60 Å². The molecule has 0 saturated heterocycles. The first-order valence-corrected chi connectivity index (χ1v) is 6.20. The van der Waals surface area contributed by atoms with E-state index in [0.717, 1.165) is 0 Å². The predicted octanol–water partition coefficient (Wildman–Crippen LogP) is 3.02. The van der Waals surface area contributed by atoms with Gasteiger partial charge < -0.3 is 10.1 Å². The minimum Gasteiger partial charge on any atom is -0.457 e. The Balaban J connectivity index is 2.35. The molecule has 1 aliphatic rings. The fourth-order valence-corrected chi connectivity index (χ4v) is 1.99. The van der Waals surface area contributed by atoms with E-state index >= 15 is 0 Å². The molecule has 2 rings (SSSR count). The van der Waals surface area contributed by atoms with Gasteiger partial charge in [-0.15, -0.1) is 0 Å². The molecule has 1 aliphatic heterocycles. The summed E-state index contributed by atoms with van der Waals surface area (Å²) < 4.78 is 5.16. The van der Waals surface area contributed by atoms with E-state index in [-0.39, 0.29) is 11.5 Å². The lowest BCUT2D eigenvalue weighted by Crippen LogP contribution is -2.23. The van der Waals surface area contributed by atoms with Crippen LogP contribution in [0.1, 0.15) is 26.3 Å². The molecule has 0 bridgehead atoms. The Bertz CT molecular complexity index is 585. The van der Waals surface area contributed by atoms with E-state index in [2.05, 4.69) is 5.32 Å². The van der Waals surface area contributed by atoms with Gasteiger partial charge in [0.15, 0.2) is 0 Å². The van der Waals surface area contributed by atoms with Crippen molar-refractivity contribution in [3.05, 3.63) is 34.9 Å². The topological polar surface area (TPSA) is 55.4 Å². The zero-order chi connectivity index (χ0) is 14.2. The molecule has 4 nitrogen and oxygen atoms in total. The molecule has 0 atom stereocenters. The largest absolute Gasteiger partial charge is 0.457 e. The Kier molecular flexibility index (Phi) is 3.37. The van der Waals surface area contributed by atoms with Gasteiger partial charge in [0.25, 0.3) is 5.91 Å². The summed E-state index contributed by atoms with van der Waals surface area (Å²) in [6.45, 7) is 5.30. The minimum absolute atomic E-state index is 0.270. The number of ether oxygens (including phenoxy) is 1. The van der Waals surface area contributed by atoms with Crippen LogP contribution in [-0.2, 0) is 14.3 Å². The molecule has 19 heavy (non-hydrogen) atoms. The number of fused-ring (bicyclic) bond motifs is 1. The van der Waals surface area contributed by atoms with Crippen LogP contribution in [0.4, 0.5) is 5.69 Å². The molecule has 1 amide bonds. The molecule has 0 radical (unpaired) electrons. The Labute approximate surface area is 116 Å². The minimum atomic E-state index is -0.597. The third-order valence-electron chi connectivity index (χ3n) is 2.46. The molecule has 1 heterocycles. The van der Waals surface area contributed by atoms with Gasteiger partial charge in [0, 0.05) is 11.6 Å². The lowest BCUT2D eigenvalue weighted by Gasteiger charge is -2.18. The Morgan fingerprint density at radius 2 is 2.05 bits per heavy atom. The summed E-state index contributed by atoms with van der Waals surface area (Å²) in [4.78, 5) is 23.6. The Hall–Kier alpha value is -1.81. The van der Waals surface area contributed by atoms with Gasteiger partial charge >= 0.3 is 5.97 Å². The second kappa shape index (κ2) is 4.70. The van der Waals surface area contributed by atoms with Crippen molar-refractivity contribution in [3.8, 4) is 0 Å². The number of anilines is 1. The van der Waals surface area contributed by atoms with Crippen LogP contribution in [-0.4, -0.2) is 17.5 Å². The van der Waals surface area contributed by atoms with E-state index in [4.69, 9.17) is 16.3 Å². The van der Waals surface area contributed by atoms with E-state index < -0.39 is 11.6 Å². The van der Waals surface area contributed by atoms with Crippen LogP contribution in [0.25, 0.3) is 5.57 Å². The van der Waals surface area contributed by atoms with Gasteiger partial charge in [-0.05, 0) is 26.8 Å². The maximum absolute atomic E-state index is 11.8. The molecule has 0 fully saturated rings. The summed E-state index contributed by atoms with van der Waals surface area (Å²) in [5.41, 5.74) is 0.819. The highest BCUT2D eigenvalue weighted by Gasteiger charge is 2.27. The van der Waals surface area contributed by atoms with Crippen molar-refractivity contribution in [2.75, 3.05) is 5.32 Å². The molecule has 0 aromatic heterocycles. The highest BCUT2D eigenvalue weighted by molar-refractivity contribution is 6.40. The maximum atomic E-state index is 11.8. The first-order valence-electron chi connectivity index (χ1n) is 5.83. The van der Waals surface area contributed by atoms with Crippen LogP contribution in [0.15, 0.2) is 24.3 Å². The third kappa shape index (κ3) is 2.96. The fraction of sp³-hybridized carbons (Fsp3) is 0.286. The van der Waals surface area contributed by atoms with Crippen LogP contribution >= 0.6 is 11.6 Å². The predicted molar refractivity (Wildman–Crippen MR) is 73.9 cm³/mol. The van der Waals surface area contributed by atoms with Crippen molar-refractivity contribution in [1.82, 2.24) is 0 Å². The zero-order valence-corrected chi connectivity index (χ0v) is 11.7. The van der Waals surface area contributed by atoms with Crippen LogP contribution < -0.4 is 5.32 Å². The molecule has 5 heteroatoms. The highest BCUT2D eigenvalue weighted by Crippen LogP contribution is 2.36. The third-order valence-corrected chi connectivity index (χ3v) is 2.77. The highest BCUT2D eigenvalue weighted by atomic mass is 35.5. The van der Waals surface area contributed by atoms with Gasteiger partial charge in [-0.3, -0.25) is 4.79 Å². The van der Waals surface area contributed by atoms with Gasteiger partial charge in [-0.25, -0.2) is 4.79 Å². The smallest absolute Gasteiger partial charge is 0.332 e. The number of halogens is 1. The molecular weight excluding hydrogens is 266 g/mol. The number of carbonyl (C=O) groups is 2. The molecule has 1 aromatic carbocycles. The summed E-state index contributed by atoms with van der Waals surface area (Å²) in [6, 6.07) is 5.14. The molecule has 0 saturated carbocycles. The number of benzene rings is 1. The average Bonchev–Trinajstić information content (AvgIpc) is 2.55. The summed E-state index contributed by atoms with van der Waals surface area (Å²) >= 11 is 5.99. The first-order chi connectivity index (χ1) is 8.78. The zero-order valence-electron chi connectivity index (χ0n) is 10.9. The van der Waals surface area contributed by atoms with Gasteiger partial charge in [-0.2, -0.15) is 0 Å². The van der Waals surface area contributed by atoms with Crippen molar-refractivity contribution in [2.45, 2.75) is 26.4 Å². The summed E-state index contributed by atoms with van der Waals surface area (Å²) in [5, 5.41) is 3.08. The van der Waals surface area contributed by atoms with Crippen molar-refractivity contribution < 1.29 is 14.3 Å². The van der Waals surface area contributed by atoms with Gasteiger partial charge in [0.05, 0.1) is 16.3 Å². The number of carbonyl (C=O) groups excluding carboxylic acids is 2. The fourth-order valence-electron chi connectivity index (χ4n) is 1.77. The van der Waals surface area contributed by atoms with Gasteiger partial charge in [-0.1, -0.05) is 23.7 Å². The van der Waals surface area contributed by atoms with E-state index in [1.807, 2.05) is 0 Å². The molecular formula is C14H14ClNO3. The molecule has 1 aromatic rings. The average molecular weight is 280 g/mol. The standard InChI is InChI=1S/C14H14ClNO3/c1-14(2,3)19-11(17)7-9-8-5-4-6-10(15)12(8)16-13(9)18/h4-7H,1-3H3,(H,16,18)/b9-7+. The first kappa shape index (κ1) is 13.6. The summed E-state index contributed by atoms with van der Waals surface area (Å²) in [6.07, 6.45) is 1.20. The SMILES string of the molecule is CC(C)(C)OC(=O)/C=C1/C(=O)Nc2c(Cl)cccc21. The quantitative estimate of drug-likeness (QED) is 0.635. The Morgan fingerprint density at radius 3 is 2.68 bits per heavy atom. The monoisotopic (exact) mass is 279 g/mol. The van der Waals surface area contributed by atoms with Crippen LogP contribution in [0.3, 0.4) is 0 Å². The molecule has 100 valence electrons. The molecule has 0 aliphatic carbocycles. The molecule has 0 spiro atoms. The lowest BCUT2D eigenvalue weighted by atomic mass is 10.1. The second-order valence-electron chi connectivity index (χ2n) is 5.21. The number of esters is 1. The van der Waals surface area contributed by atoms with Crippen molar-refractivity contribution in [3.63, 3.8) is 0 Å². The van der Waals surface area contributed by atoms with Gasteiger partial charge in [0.2, 0.25) is 0 Å². The summed E-state index contributed by atoms with van der Waals surface area (Å²) in [7, 11) is 0. The molecule has 0 unspecified atom stereocenters. The van der Waals surface area contributed by atoms with Crippen molar-refractivity contribution >= 4 is 34.7 Å². The number of rotatable bonds is 1. The number of amides is 1. The van der Waals surface area contributed by atoms with E-state index in [9.17, 15) is 9.59 Å². The number of nitrogens with one attached hydrogen (secondary N) is 1. The normalized spacial score (nSPS) is 16.2. The molecule has 1 N–H and O–H groups in total. The second-order valence-corrected chi connectivity index (χ2v) is 5.62. The maximum Gasteiger partial charge on any atom is 0.332 e. The van der Waals surface area contributed by atoms with E-state index in [1.54, 1.807) is 39.0 Å². The lowest BCUT2D eigenvalue weighted by molar-refractivity contribution is -0.148. The van der Waals surface area contributed by atoms with Crippen molar-refractivity contribution in [2.24, 2.45) is 0 Å². The number of hydrogen-bond acceptors (Lipinski definition) is 3. The van der Waals surface area contributed by atoms with Crippen LogP contribution in [0.2, 0.25) is 5.02 Å². The van der Waals surface area contributed by atoms with E-state index in [1.165, 1.54) is 6.08 Å². The van der Waals surface area contributed by atoms with Crippen molar-refractivity contribution in [1.29, 1.82) is 0 Å². The Morgan fingerprint density at radius 1 is 1.37 bits per heavy atom. The van der Waals surface area contributed by atoms with Crippen LogP contribution in [0.5, 0.6) is 0 Å². The number of hydrogen-bond donors (Lipinski definition) is 1. The van der Waals surface area contributed by atoms with E-state index in [0.29, 0.717) is 16.3 Å². The van der Waals surface area contributed by atoms with Crippen LogP contribution in [0, 0.1) is 0 Å². The number of para-hydroxylation sites is 1.